The second kappa shape index (κ2) is 5.08. The Balaban J connectivity index is 2.62. The maximum Gasteiger partial charge on any atom is 0.221 e. The minimum absolute atomic E-state index is 0.0790. The summed E-state index contributed by atoms with van der Waals surface area (Å²) in [6.45, 7) is -0.210. The summed E-state index contributed by atoms with van der Waals surface area (Å²) in [6.07, 6.45) is 1.80. The molecule has 18 heavy (non-hydrogen) atoms. The molecule has 0 unspecified atom stereocenters. The zero-order valence-corrected chi connectivity index (χ0v) is 10.4. The minimum atomic E-state index is -0.210. The zero-order valence-electron chi connectivity index (χ0n) is 9.54. The molecule has 0 aliphatic heterocycles. The highest BCUT2D eigenvalue weighted by Crippen LogP contribution is 2.29. The lowest BCUT2D eigenvalue weighted by Crippen LogP contribution is -2.01. The number of nitrogens with two attached hydrogens (primary N) is 1. The summed E-state index contributed by atoms with van der Waals surface area (Å²) in [5, 5.41) is 18.6. The summed E-state index contributed by atoms with van der Waals surface area (Å²) in [4.78, 5) is 8.02. The van der Waals surface area contributed by atoms with Crippen LogP contribution in [0.3, 0.4) is 0 Å². The van der Waals surface area contributed by atoms with E-state index in [4.69, 9.17) is 15.3 Å². The fourth-order valence-electron chi connectivity index (χ4n) is 1.47. The molecule has 92 valence electrons. The molecule has 2 heterocycles. The Bertz CT molecular complexity index is 618. The quantitative estimate of drug-likeness (QED) is 0.635. The molecule has 2 aromatic heterocycles. The maximum absolute atomic E-state index is 9.17. The van der Waals surface area contributed by atoms with Crippen LogP contribution in [0.2, 0.25) is 0 Å². The first-order valence-corrected chi connectivity index (χ1v) is 6.23. The number of furan rings is 1. The van der Waals surface area contributed by atoms with Crippen molar-refractivity contribution in [1.82, 2.24) is 9.97 Å². The van der Waals surface area contributed by atoms with E-state index >= 15 is 0 Å². The van der Waals surface area contributed by atoms with E-state index in [-0.39, 0.29) is 12.6 Å². The van der Waals surface area contributed by atoms with Gasteiger partial charge in [-0.2, -0.15) is 5.26 Å². The molecule has 0 aromatic carbocycles. The van der Waals surface area contributed by atoms with E-state index in [2.05, 4.69) is 9.97 Å². The SMILES string of the molecule is CSc1nc(N)nc(-c2ccc(CO)o2)c1C#N. The van der Waals surface area contributed by atoms with E-state index < -0.39 is 0 Å². The van der Waals surface area contributed by atoms with Crippen molar-refractivity contribution in [2.45, 2.75) is 11.6 Å². The van der Waals surface area contributed by atoms with Gasteiger partial charge in [0, 0.05) is 0 Å². The Kier molecular flexibility index (Phi) is 3.50. The third-order valence-corrected chi connectivity index (χ3v) is 2.93. The fourth-order valence-corrected chi connectivity index (χ4v) is 2.00. The number of hydrogen-bond donors (Lipinski definition) is 2. The Hall–Kier alpha value is -2.04. The highest BCUT2D eigenvalue weighted by atomic mass is 32.2. The van der Waals surface area contributed by atoms with Crippen LogP contribution in [0.1, 0.15) is 11.3 Å². The monoisotopic (exact) mass is 262 g/mol. The van der Waals surface area contributed by atoms with Crippen LogP contribution in [0, 0.1) is 11.3 Å². The predicted octanol–water partition coefficient (Wildman–Crippen LogP) is 1.40. The van der Waals surface area contributed by atoms with Crippen molar-refractivity contribution in [2.24, 2.45) is 0 Å². The predicted molar refractivity (Wildman–Crippen MR) is 66.6 cm³/mol. The Morgan fingerprint density at radius 1 is 1.50 bits per heavy atom. The van der Waals surface area contributed by atoms with Crippen molar-refractivity contribution in [2.75, 3.05) is 12.0 Å². The van der Waals surface area contributed by atoms with Gasteiger partial charge in [-0.1, -0.05) is 0 Å². The van der Waals surface area contributed by atoms with Gasteiger partial charge in [-0.3, -0.25) is 0 Å². The molecule has 7 heteroatoms. The first kappa shape index (κ1) is 12.4. The second-order valence-corrected chi connectivity index (χ2v) is 4.15. The van der Waals surface area contributed by atoms with E-state index in [9.17, 15) is 5.26 Å². The summed E-state index contributed by atoms with van der Waals surface area (Å²) >= 11 is 1.31. The fraction of sp³-hybridized carbons (Fsp3) is 0.182. The molecular weight excluding hydrogens is 252 g/mol. The maximum atomic E-state index is 9.17. The van der Waals surface area contributed by atoms with Crippen LogP contribution in [-0.2, 0) is 6.61 Å². The molecule has 2 rings (SSSR count). The number of nitrogens with zero attached hydrogens (tertiary/aromatic N) is 3. The Morgan fingerprint density at radius 3 is 2.83 bits per heavy atom. The topological polar surface area (TPSA) is 109 Å². The van der Waals surface area contributed by atoms with Crippen molar-refractivity contribution in [3.05, 3.63) is 23.5 Å². The largest absolute Gasteiger partial charge is 0.457 e. The molecule has 0 saturated carbocycles. The number of nitrogen functional groups attached to an aromatic ring is 1. The molecule has 0 spiro atoms. The smallest absolute Gasteiger partial charge is 0.221 e. The van der Waals surface area contributed by atoms with Gasteiger partial charge in [0.1, 0.15) is 34.7 Å². The van der Waals surface area contributed by atoms with Crippen LogP contribution in [0.15, 0.2) is 21.6 Å². The van der Waals surface area contributed by atoms with Gasteiger partial charge in [0.15, 0.2) is 5.76 Å². The third-order valence-electron chi connectivity index (χ3n) is 2.25. The van der Waals surface area contributed by atoms with Crippen molar-refractivity contribution in [1.29, 1.82) is 5.26 Å². The molecule has 0 saturated heterocycles. The zero-order chi connectivity index (χ0) is 13.1. The summed E-state index contributed by atoms with van der Waals surface area (Å²) in [5.74, 6) is 0.868. The molecule has 0 bridgehead atoms. The van der Waals surface area contributed by atoms with Gasteiger partial charge in [-0.15, -0.1) is 11.8 Å². The van der Waals surface area contributed by atoms with Crippen LogP contribution in [-0.4, -0.2) is 21.3 Å². The second-order valence-electron chi connectivity index (χ2n) is 3.35. The lowest BCUT2D eigenvalue weighted by molar-refractivity contribution is 0.248. The van der Waals surface area contributed by atoms with Crippen LogP contribution in [0.4, 0.5) is 5.95 Å². The van der Waals surface area contributed by atoms with Gasteiger partial charge in [0.05, 0.1) is 0 Å². The molecule has 0 aliphatic rings. The summed E-state index contributed by atoms with van der Waals surface area (Å²) in [7, 11) is 0. The summed E-state index contributed by atoms with van der Waals surface area (Å²) in [6, 6.07) is 5.30. The van der Waals surface area contributed by atoms with E-state index in [1.807, 2.05) is 6.07 Å². The first-order valence-electron chi connectivity index (χ1n) is 5.01. The number of aliphatic hydroxyl groups excluding tert-OH is 1. The Labute approximate surface area is 107 Å². The minimum Gasteiger partial charge on any atom is -0.457 e. The average molecular weight is 262 g/mol. The molecule has 0 fully saturated rings. The van der Waals surface area contributed by atoms with Crippen LogP contribution in [0.5, 0.6) is 0 Å². The van der Waals surface area contributed by atoms with Gasteiger partial charge < -0.3 is 15.3 Å². The number of rotatable bonds is 3. The van der Waals surface area contributed by atoms with Crippen LogP contribution >= 0.6 is 11.8 Å². The van der Waals surface area contributed by atoms with Gasteiger partial charge in [-0.05, 0) is 18.4 Å². The van der Waals surface area contributed by atoms with E-state index in [0.717, 1.165) is 0 Å². The van der Waals surface area contributed by atoms with E-state index in [0.29, 0.717) is 27.8 Å². The molecule has 3 N–H and O–H groups in total. The lowest BCUT2D eigenvalue weighted by Gasteiger charge is -2.05. The van der Waals surface area contributed by atoms with Crippen LogP contribution in [0.25, 0.3) is 11.5 Å². The standard InChI is InChI=1S/C11H10N4O2S/c1-18-10-7(4-12)9(14-11(13)15-10)8-3-2-6(5-16)17-8/h2-3,16H,5H2,1H3,(H2,13,14,15). The molecule has 6 nitrogen and oxygen atoms in total. The van der Waals surface area contributed by atoms with Crippen LogP contribution < -0.4 is 5.73 Å². The number of anilines is 1. The lowest BCUT2D eigenvalue weighted by atomic mass is 10.2. The third kappa shape index (κ3) is 2.16. The van der Waals surface area contributed by atoms with E-state index in [1.54, 1.807) is 18.4 Å². The number of nitriles is 1. The number of thioether (sulfide) groups is 1. The highest BCUT2D eigenvalue weighted by molar-refractivity contribution is 7.98. The van der Waals surface area contributed by atoms with Gasteiger partial charge >= 0.3 is 0 Å². The summed E-state index contributed by atoms with van der Waals surface area (Å²) in [5.41, 5.74) is 6.26. The van der Waals surface area contributed by atoms with E-state index in [1.165, 1.54) is 11.8 Å². The van der Waals surface area contributed by atoms with Gasteiger partial charge in [0.25, 0.3) is 0 Å². The summed E-state index contributed by atoms with van der Waals surface area (Å²) < 4.78 is 5.36. The number of hydrogen-bond acceptors (Lipinski definition) is 7. The number of aliphatic hydroxyl groups is 1. The Morgan fingerprint density at radius 2 is 2.28 bits per heavy atom. The van der Waals surface area contributed by atoms with Crippen molar-refractivity contribution < 1.29 is 9.52 Å². The molecule has 0 amide bonds. The molecule has 2 aromatic rings. The first-order chi connectivity index (χ1) is 8.69. The highest BCUT2D eigenvalue weighted by Gasteiger charge is 2.17. The molecular formula is C11H10N4O2S. The van der Waals surface area contributed by atoms with Crippen molar-refractivity contribution in [3.8, 4) is 17.5 Å². The van der Waals surface area contributed by atoms with Crippen molar-refractivity contribution >= 4 is 17.7 Å². The average Bonchev–Trinajstić information content (AvgIpc) is 2.86. The molecule has 0 aliphatic carbocycles. The van der Waals surface area contributed by atoms with Gasteiger partial charge in [0.2, 0.25) is 5.95 Å². The number of aromatic nitrogens is 2. The molecule has 0 atom stereocenters. The normalized spacial score (nSPS) is 10.3. The van der Waals surface area contributed by atoms with Crippen molar-refractivity contribution in [3.63, 3.8) is 0 Å². The molecule has 0 radical (unpaired) electrons. The van der Waals surface area contributed by atoms with Gasteiger partial charge in [-0.25, -0.2) is 9.97 Å².